The number of hydrogen-bond acceptors (Lipinski definition) is 4. The molecule has 0 spiro atoms. The highest BCUT2D eigenvalue weighted by atomic mass is 16.5. The molecule has 0 amide bonds. The first-order valence-corrected chi connectivity index (χ1v) is 6.17. The number of pyridine rings is 1. The fraction of sp³-hybridized carbons (Fsp3) is 0.615. The largest absolute Gasteiger partial charge is 0.481 e. The maximum atomic E-state index is 9.93. The van der Waals surface area contributed by atoms with Gasteiger partial charge in [-0.2, -0.15) is 4.98 Å². The van der Waals surface area contributed by atoms with Crippen LogP contribution in [0.5, 0.6) is 5.88 Å². The van der Waals surface area contributed by atoms with Gasteiger partial charge in [0.1, 0.15) is 5.82 Å². The molecule has 1 aromatic heterocycles. The van der Waals surface area contributed by atoms with Crippen molar-refractivity contribution in [2.45, 2.75) is 44.8 Å². The van der Waals surface area contributed by atoms with Crippen molar-refractivity contribution in [3.05, 3.63) is 17.7 Å². The molecular weight excluding hydrogens is 216 g/mol. The molecule has 0 aliphatic heterocycles. The van der Waals surface area contributed by atoms with Crippen LogP contribution in [0.15, 0.2) is 12.1 Å². The Morgan fingerprint density at radius 2 is 2.12 bits per heavy atom. The zero-order chi connectivity index (χ0) is 12.3. The zero-order valence-electron chi connectivity index (χ0n) is 10.4. The summed E-state index contributed by atoms with van der Waals surface area (Å²) in [5.74, 6) is 1.42. The van der Waals surface area contributed by atoms with E-state index in [-0.39, 0.29) is 12.1 Å². The smallest absolute Gasteiger partial charge is 0.214 e. The monoisotopic (exact) mass is 236 g/mol. The number of ether oxygens (including phenoxy) is 1. The summed E-state index contributed by atoms with van der Waals surface area (Å²) in [6.45, 7) is 2.00. The molecule has 0 unspecified atom stereocenters. The van der Waals surface area contributed by atoms with Crippen molar-refractivity contribution in [2.75, 3.05) is 12.4 Å². The van der Waals surface area contributed by atoms with Gasteiger partial charge in [0.25, 0.3) is 0 Å². The molecular formula is C13H20N2O2. The number of aliphatic hydroxyl groups is 1. The van der Waals surface area contributed by atoms with Crippen molar-refractivity contribution in [1.29, 1.82) is 0 Å². The highest BCUT2D eigenvalue weighted by Gasteiger charge is 2.23. The topological polar surface area (TPSA) is 54.4 Å². The van der Waals surface area contributed by atoms with E-state index < -0.39 is 0 Å². The van der Waals surface area contributed by atoms with Gasteiger partial charge in [-0.15, -0.1) is 0 Å². The van der Waals surface area contributed by atoms with Gasteiger partial charge in [0, 0.05) is 6.07 Å². The van der Waals surface area contributed by atoms with Crippen LogP contribution in [-0.4, -0.2) is 29.3 Å². The summed E-state index contributed by atoms with van der Waals surface area (Å²) in [5, 5.41) is 13.3. The van der Waals surface area contributed by atoms with E-state index in [1.807, 2.05) is 19.1 Å². The van der Waals surface area contributed by atoms with E-state index in [1.165, 1.54) is 0 Å². The van der Waals surface area contributed by atoms with Gasteiger partial charge in [-0.3, -0.25) is 0 Å². The second kappa shape index (κ2) is 5.36. The number of hydrogen-bond donors (Lipinski definition) is 2. The molecule has 4 nitrogen and oxygen atoms in total. The van der Waals surface area contributed by atoms with Gasteiger partial charge in [0.05, 0.1) is 19.3 Å². The molecule has 2 N–H and O–H groups in total. The third kappa shape index (κ3) is 2.88. The molecule has 1 aliphatic carbocycles. The fourth-order valence-corrected chi connectivity index (χ4v) is 2.23. The maximum absolute atomic E-state index is 9.93. The van der Waals surface area contributed by atoms with Crippen molar-refractivity contribution >= 4 is 5.82 Å². The van der Waals surface area contributed by atoms with E-state index in [1.54, 1.807) is 7.11 Å². The fourth-order valence-electron chi connectivity index (χ4n) is 2.23. The summed E-state index contributed by atoms with van der Waals surface area (Å²) in [6, 6.07) is 3.93. The van der Waals surface area contributed by atoms with Crippen LogP contribution in [0.25, 0.3) is 0 Å². The highest BCUT2D eigenvalue weighted by molar-refractivity contribution is 5.46. The molecule has 1 saturated carbocycles. The Kier molecular flexibility index (Phi) is 3.84. The van der Waals surface area contributed by atoms with E-state index in [2.05, 4.69) is 10.3 Å². The SMILES string of the molecule is COc1ccc(C)c(N[C@H]2CCCC[C@@H]2O)n1. The van der Waals surface area contributed by atoms with Crippen LogP contribution in [0, 0.1) is 6.92 Å². The Morgan fingerprint density at radius 1 is 1.35 bits per heavy atom. The Bertz CT molecular complexity index is 382. The summed E-state index contributed by atoms with van der Waals surface area (Å²) < 4.78 is 5.11. The van der Waals surface area contributed by atoms with Gasteiger partial charge in [-0.1, -0.05) is 18.9 Å². The first-order chi connectivity index (χ1) is 8.20. The van der Waals surface area contributed by atoms with Crippen LogP contribution in [0.3, 0.4) is 0 Å². The quantitative estimate of drug-likeness (QED) is 0.844. The second-order valence-corrected chi connectivity index (χ2v) is 4.62. The van der Waals surface area contributed by atoms with E-state index in [9.17, 15) is 5.11 Å². The summed E-state index contributed by atoms with van der Waals surface area (Å²) in [7, 11) is 1.61. The number of anilines is 1. The normalized spacial score (nSPS) is 24.4. The lowest BCUT2D eigenvalue weighted by atomic mass is 9.92. The van der Waals surface area contributed by atoms with Crippen LogP contribution in [-0.2, 0) is 0 Å². The predicted octanol–water partition coefficient (Wildman–Crippen LogP) is 2.11. The van der Waals surface area contributed by atoms with E-state index in [0.717, 1.165) is 37.1 Å². The highest BCUT2D eigenvalue weighted by Crippen LogP contribution is 2.24. The van der Waals surface area contributed by atoms with Gasteiger partial charge >= 0.3 is 0 Å². The summed E-state index contributed by atoms with van der Waals surface area (Å²) in [4.78, 5) is 4.37. The molecule has 1 fully saturated rings. The lowest BCUT2D eigenvalue weighted by Crippen LogP contribution is -2.36. The third-order valence-electron chi connectivity index (χ3n) is 3.33. The van der Waals surface area contributed by atoms with E-state index in [0.29, 0.717) is 5.88 Å². The molecule has 4 heteroatoms. The Labute approximate surface area is 102 Å². The molecule has 2 rings (SSSR count). The summed E-state index contributed by atoms with van der Waals surface area (Å²) in [6.07, 6.45) is 3.89. The first-order valence-electron chi connectivity index (χ1n) is 6.17. The average molecular weight is 236 g/mol. The minimum atomic E-state index is -0.267. The Hall–Kier alpha value is -1.29. The minimum Gasteiger partial charge on any atom is -0.481 e. The number of nitrogens with one attached hydrogen (secondary N) is 1. The molecule has 0 bridgehead atoms. The second-order valence-electron chi connectivity index (χ2n) is 4.62. The van der Waals surface area contributed by atoms with Crippen LogP contribution in [0.1, 0.15) is 31.2 Å². The van der Waals surface area contributed by atoms with Crippen molar-refractivity contribution in [3.8, 4) is 5.88 Å². The van der Waals surface area contributed by atoms with Gasteiger partial charge in [-0.25, -0.2) is 0 Å². The Morgan fingerprint density at radius 3 is 2.82 bits per heavy atom. The number of nitrogens with zero attached hydrogens (tertiary/aromatic N) is 1. The number of aromatic nitrogens is 1. The predicted molar refractivity (Wildman–Crippen MR) is 67.4 cm³/mol. The van der Waals surface area contributed by atoms with E-state index in [4.69, 9.17) is 4.74 Å². The molecule has 1 aliphatic rings. The summed E-state index contributed by atoms with van der Waals surface area (Å²) >= 11 is 0. The minimum absolute atomic E-state index is 0.113. The molecule has 1 aromatic rings. The first kappa shape index (κ1) is 12.2. The standard InChI is InChI=1S/C13H20N2O2/c1-9-7-8-12(17-2)15-13(9)14-10-5-3-4-6-11(10)16/h7-8,10-11,16H,3-6H2,1-2H3,(H,14,15)/t10-,11-/m0/s1. The number of aryl methyl sites for hydroxylation is 1. The van der Waals surface area contributed by atoms with Crippen molar-refractivity contribution in [3.63, 3.8) is 0 Å². The van der Waals surface area contributed by atoms with Crippen LogP contribution in [0.2, 0.25) is 0 Å². The van der Waals surface area contributed by atoms with Crippen LogP contribution in [0.4, 0.5) is 5.82 Å². The van der Waals surface area contributed by atoms with E-state index >= 15 is 0 Å². The van der Waals surface area contributed by atoms with Crippen molar-refractivity contribution in [2.24, 2.45) is 0 Å². The zero-order valence-corrected chi connectivity index (χ0v) is 10.4. The molecule has 94 valence electrons. The lowest BCUT2D eigenvalue weighted by molar-refractivity contribution is 0.116. The van der Waals surface area contributed by atoms with Crippen molar-refractivity contribution < 1.29 is 9.84 Å². The van der Waals surface area contributed by atoms with Gasteiger partial charge < -0.3 is 15.2 Å². The average Bonchev–Trinajstić information content (AvgIpc) is 2.35. The molecule has 2 atom stereocenters. The van der Waals surface area contributed by atoms with Crippen molar-refractivity contribution in [1.82, 2.24) is 4.98 Å². The molecule has 0 saturated heterocycles. The third-order valence-corrected chi connectivity index (χ3v) is 3.33. The van der Waals surface area contributed by atoms with Gasteiger partial charge in [-0.05, 0) is 25.3 Å². The molecule has 0 radical (unpaired) electrons. The van der Waals surface area contributed by atoms with Crippen LogP contribution < -0.4 is 10.1 Å². The molecule has 17 heavy (non-hydrogen) atoms. The molecule has 1 heterocycles. The number of methoxy groups -OCH3 is 1. The Balaban J connectivity index is 2.11. The number of aliphatic hydroxyl groups excluding tert-OH is 1. The van der Waals surface area contributed by atoms with Crippen LogP contribution >= 0.6 is 0 Å². The molecule has 0 aromatic carbocycles. The number of rotatable bonds is 3. The van der Waals surface area contributed by atoms with Gasteiger partial charge in [0.15, 0.2) is 0 Å². The maximum Gasteiger partial charge on any atom is 0.214 e. The lowest BCUT2D eigenvalue weighted by Gasteiger charge is -2.29. The summed E-state index contributed by atoms with van der Waals surface area (Å²) in [5.41, 5.74) is 1.07. The van der Waals surface area contributed by atoms with Gasteiger partial charge in [0.2, 0.25) is 5.88 Å².